The Bertz CT molecular complexity index is 1350. The van der Waals surface area contributed by atoms with Gasteiger partial charge in [0.05, 0.1) is 23.8 Å². The number of unbranched alkanes of at least 4 members (excludes halogenated alkanes) is 5. The van der Waals surface area contributed by atoms with Crippen molar-refractivity contribution in [1.82, 2.24) is 15.6 Å². The Morgan fingerprint density at radius 2 is 1.60 bits per heavy atom. The lowest BCUT2D eigenvalue weighted by Crippen LogP contribution is -2.64. The molecule has 3 rings (SSSR count). The number of aliphatic hydroxyl groups excluding tert-OH is 6. The highest BCUT2D eigenvalue weighted by atomic mass is 31.2. The van der Waals surface area contributed by atoms with Crippen molar-refractivity contribution in [2.24, 2.45) is 0 Å². The Kier molecular flexibility index (Phi) is 15.9. The van der Waals surface area contributed by atoms with Gasteiger partial charge in [-0.2, -0.15) is 0 Å². The summed E-state index contributed by atoms with van der Waals surface area (Å²) in [7, 11) is -4.95. The van der Waals surface area contributed by atoms with E-state index in [0.29, 0.717) is 50.9 Å². The van der Waals surface area contributed by atoms with Crippen LogP contribution in [-0.4, -0.2) is 132 Å². The quantitative estimate of drug-likeness (QED) is 0.0321. The lowest BCUT2D eigenvalue weighted by molar-refractivity contribution is -0.383. The number of non-ortho nitro benzene ring substituents is 1. The number of hydrogen-bond donors (Lipinski definition) is 9. The number of fused-ring (bicyclic) bond motifs is 1. The van der Waals surface area contributed by atoms with Gasteiger partial charge in [0.15, 0.2) is 5.52 Å². The van der Waals surface area contributed by atoms with Crippen LogP contribution >= 0.6 is 7.82 Å². The number of nitrogens with zero attached hydrogens (tertiary/aromatic N) is 3. The van der Waals surface area contributed by atoms with Crippen LogP contribution in [0, 0.1) is 10.1 Å². The van der Waals surface area contributed by atoms with Crippen molar-refractivity contribution in [2.75, 3.05) is 38.2 Å². The van der Waals surface area contributed by atoms with Crippen LogP contribution in [0.15, 0.2) is 16.8 Å². The van der Waals surface area contributed by atoms with E-state index in [9.17, 15) is 49.9 Å². The van der Waals surface area contributed by atoms with Crippen molar-refractivity contribution in [1.29, 1.82) is 0 Å². The molecule has 20 nitrogen and oxygen atoms in total. The number of carbonyl (C=O) groups excluding carboxylic acids is 1. The molecular formula is C27H44N5O15P. The molecule has 0 spiro atoms. The minimum atomic E-state index is -4.95. The Hall–Kier alpha value is -2.88. The summed E-state index contributed by atoms with van der Waals surface area (Å²) in [4.78, 5) is 32.6. The third-order valence-electron chi connectivity index (χ3n) is 7.63. The molecule has 1 aliphatic carbocycles. The Morgan fingerprint density at radius 3 is 2.31 bits per heavy atom. The third kappa shape index (κ3) is 11.6. The zero-order chi connectivity index (χ0) is 35.3. The number of benzene rings is 1. The summed E-state index contributed by atoms with van der Waals surface area (Å²) in [5, 5.41) is 83.4. The first-order valence-electron chi connectivity index (χ1n) is 15.5. The first kappa shape index (κ1) is 39.6. The van der Waals surface area contributed by atoms with E-state index in [4.69, 9.17) is 14.4 Å². The fourth-order valence-electron chi connectivity index (χ4n) is 4.98. The summed E-state index contributed by atoms with van der Waals surface area (Å²) >= 11 is 0. The normalized spacial score (nSPS) is 24.6. The number of aliphatic hydroxyl groups is 6. The summed E-state index contributed by atoms with van der Waals surface area (Å²) < 4.78 is 32.0. The summed E-state index contributed by atoms with van der Waals surface area (Å²) in [6.07, 6.45) is -7.14. The van der Waals surface area contributed by atoms with Crippen molar-refractivity contribution in [3.8, 4) is 0 Å². The van der Waals surface area contributed by atoms with Crippen molar-refractivity contribution in [2.45, 2.75) is 94.1 Å². The van der Waals surface area contributed by atoms with E-state index >= 15 is 0 Å². The molecule has 1 aromatic heterocycles. The zero-order valence-corrected chi connectivity index (χ0v) is 27.0. The van der Waals surface area contributed by atoms with Crippen LogP contribution in [0.4, 0.5) is 11.4 Å². The van der Waals surface area contributed by atoms with Crippen LogP contribution in [-0.2, 0) is 23.1 Å². The maximum absolute atomic E-state index is 12.3. The van der Waals surface area contributed by atoms with Gasteiger partial charge in [0, 0.05) is 32.2 Å². The molecule has 1 amide bonds. The third-order valence-corrected chi connectivity index (χ3v) is 8.62. The average Bonchev–Trinajstić information content (AvgIpc) is 3.55. The number of nitro benzene ring substituents is 1. The molecule has 272 valence electrons. The first-order valence-corrected chi connectivity index (χ1v) is 17.0. The minimum Gasteiger partial charge on any atom is -0.394 e. The number of aromatic nitrogens is 2. The highest BCUT2D eigenvalue weighted by Crippen LogP contribution is 2.47. The first-order chi connectivity index (χ1) is 22.9. The average molecular weight is 710 g/mol. The van der Waals surface area contributed by atoms with Gasteiger partial charge in [-0.05, 0) is 42.1 Å². The van der Waals surface area contributed by atoms with Crippen molar-refractivity contribution in [3.05, 3.63) is 22.2 Å². The predicted molar refractivity (Wildman–Crippen MR) is 164 cm³/mol. The second-order valence-corrected chi connectivity index (χ2v) is 12.7. The molecule has 0 radical (unpaired) electrons. The van der Waals surface area contributed by atoms with Gasteiger partial charge in [0.25, 0.3) is 0 Å². The van der Waals surface area contributed by atoms with Gasteiger partial charge in [-0.3, -0.25) is 24.0 Å². The Morgan fingerprint density at radius 1 is 0.958 bits per heavy atom. The maximum atomic E-state index is 12.3. The number of rotatable bonds is 22. The van der Waals surface area contributed by atoms with Crippen molar-refractivity contribution >= 4 is 36.1 Å². The van der Waals surface area contributed by atoms with Gasteiger partial charge in [-0.15, -0.1) is 0 Å². The van der Waals surface area contributed by atoms with Gasteiger partial charge in [-0.1, -0.05) is 19.3 Å². The molecule has 48 heavy (non-hydrogen) atoms. The molecular weight excluding hydrogens is 665 g/mol. The number of ether oxygens (including phenoxy) is 1. The number of phosphoric ester groups is 1. The molecule has 9 N–H and O–H groups in total. The zero-order valence-electron chi connectivity index (χ0n) is 26.1. The van der Waals surface area contributed by atoms with Crippen molar-refractivity contribution in [3.63, 3.8) is 0 Å². The number of phosphoric acid groups is 1. The van der Waals surface area contributed by atoms with E-state index in [2.05, 4.69) is 30.1 Å². The monoisotopic (exact) mass is 709 g/mol. The largest absolute Gasteiger partial charge is 0.472 e. The standard InChI is InChI=1S/C27H44N5O15P/c33-14-16(34)15-45-48(42,43)46-27-25(39)23(37)22(36)24(38)26(27)44-13-7-2-1-5-12-29-19(35)8-4-3-6-11-28-17-9-10-18(32(40)41)21-20(17)30-47-31-21/h9-10,16,22-28,33-34,36-39H,1-8,11-15H2,(H,29,35)(H,42,43)/t16?,22-,23-,24+,25+,26+,27-/m0/s1. The smallest absolute Gasteiger partial charge is 0.394 e. The Balaban J connectivity index is 1.27. The van der Waals surface area contributed by atoms with Gasteiger partial charge >= 0.3 is 13.5 Å². The molecule has 1 fully saturated rings. The molecule has 8 atom stereocenters. The number of nitrogens with one attached hydrogen (secondary N) is 2. The number of carbonyl (C=O) groups is 1. The Labute approximate surface area is 274 Å². The number of amides is 1. The van der Waals surface area contributed by atoms with Crippen LogP contribution in [0.25, 0.3) is 11.0 Å². The highest BCUT2D eigenvalue weighted by molar-refractivity contribution is 7.47. The van der Waals surface area contributed by atoms with Gasteiger partial charge in [0.2, 0.25) is 11.4 Å². The molecule has 1 aliphatic rings. The predicted octanol–water partition coefficient (Wildman–Crippen LogP) is -0.522. The second-order valence-electron chi connectivity index (χ2n) is 11.3. The van der Waals surface area contributed by atoms with E-state index in [1.807, 2.05) is 0 Å². The van der Waals surface area contributed by atoms with Crippen molar-refractivity contribution < 1.29 is 68.2 Å². The highest BCUT2D eigenvalue weighted by Gasteiger charge is 2.52. The topological polar surface area (TPSA) is 310 Å². The lowest BCUT2D eigenvalue weighted by atomic mass is 9.85. The molecule has 0 aliphatic heterocycles. The summed E-state index contributed by atoms with van der Waals surface area (Å²) in [6, 6.07) is 2.88. The SMILES string of the molecule is O=C(CCCCCNc1ccc([N+](=O)[O-])c2nonc12)NCCCCCCO[C@@H]1[C@H](O)[C@@H](O)[C@H](O)[C@@H](O)[C@@H]1OP(=O)(O)OCC(O)CO. The van der Waals surface area contributed by atoms with Crippen LogP contribution in [0.5, 0.6) is 0 Å². The van der Waals surface area contributed by atoms with E-state index in [0.717, 1.165) is 19.3 Å². The molecule has 2 unspecified atom stereocenters. The molecule has 0 bridgehead atoms. The minimum absolute atomic E-state index is 0.00268. The molecule has 1 saturated carbocycles. The summed E-state index contributed by atoms with van der Waals surface area (Å²) in [5.41, 5.74) is 0.723. The fraction of sp³-hybridized carbons (Fsp3) is 0.741. The fourth-order valence-corrected chi connectivity index (χ4v) is 5.96. The van der Waals surface area contributed by atoms with Gasteiger partial charge in [-0.25, -0.2) is 9.19 Å². The summed E-state index contributed by atoms with van der Waals surface area (Å²) in [6.45, 7) is -0.494. The number of nitro groups is 1. The van der Waals surface area contributed by atoms with Gasteiger partial charge < -0.3 is 50.9 Å². The maximum Gasteiger partial charge on any atom is 0.472 e. The lowest BCUT2D eigenvalue weighted by Gasteiger charge is -2.43. The van der Waals surface area contributed by atoms with Crippen LogP contribution in [0.3, 0.4) is 0 Å². The van der Waals surface area contributed by atoms with Crippen LogP contribution in [0.2, 0.25) is 0 Å². The van der Waals surface area contributed by atoms with E-state index in [1.54, 1.807) is 6.07 Å². The molecule has 1 aromatic carbocycles. The van der Waals surface area contributed by atoms with E-state index < -0.39 is 68.7 Å². The summed E-state index contributed by atoms with van der Waals surface area (Å²) in [5.74, 6) is -0.0790. The van der Waals surface area contributed by atoms with E-state index in [1.165, 1.54) is 6.07 Å². The van der Waals surface area contributed by atoms with E-state index in [-0.39, 0.29) is 29.2 Å². The number of hydrogen-bond acceptors (Lipinski definition) is 17. The second kappa shape index (κ2) is 19.3. The number of anilines is 1. The molecule has 2 aromatic rings. The van der Waals surface area contributed by atoms with Crippen LogP contribution in [0.1, 0.15) is 51.4 Å². The van der Waals surface area contributed by atoms with Crippen LogP contribution < -0.4 is 10.6 Å². The van der Waals surface area contributed by atoms with Gasteiger partial charge in [0.1, 0.15) is 42.7 Å². The molecule has 21 heteroatoms. The molecule has 0 saturated heterocycles. The molecule has 1 heterocycles.